The van der Waals surface area contributed by atoms with Gasteiger partial charge in [-0.3, -0.25) is 0 Å². The minimum atomic E-state index is 0.615. The van der Waals surface area contributed by atoms with E-state index in [1.807, 2.05) is 0 Å². The van der Waals surface area contributed by atoms with Crippen molar-refractivity contribution in [1.29, 1.82) is 0 Å². The van der Waals surface area contributed by atoms with Gasteiger partial charge in [-0.1, -0.05) is 46.5 Å². The van der Waals surface area contributed by atoms with Gasteiger partial charge in [0, 0.05) is 0 Å². The van der Waals surface area contributed by atoms with Gasteiger partial charge in [0.25, 0.3) is 0 Å². The standard InChI is InChI=1S/C13H24/c1-4-13(2,3)12-8-10-6-5-7-11(10)9-12/h10-12H,4-9H2,1-3H3/t10-,11?,12+/m0/s1. The van der Waals surface area contributed by atoms with Gasteiger partial charge in [0.2, 0.25) is 0 Å². The van der Waals surface area contributed by atoms with E-state index < -0.39 is 0 Å². The summed E-state index contributed by atoms with van der Waals surface area (Å²) >= 11 is 0. The van der Waals surface area contributed by atoms with Crippen LogP contribution in [0.15, 0.2) is 0 Å². The second-order valence-electron chi connectivity index (χ2n) is 5.96. The normalized spacial score (nSPS) is 39.5. The van der Waals surface area contributed by atoms with Crippen LogP contribution in [0.25, 0.3) is 0 Å². The van der Waals surface area contributed by atoms with Crippen LogP contribution in [0.3, 0.4) is 0 Å². The Morgan fingerprint density at radius 3 is 2.08 bits per heavy atom. The molecule has 0 aromatic rings. The van der Waals surface area contributed by atoms with Crippen molar-refractivity contribution in [1.82, 2.24) is 0 Å². The highest BCUT2D eigenvalue weighted by Crippen LogP contribution is 2.52. The van der Waals surface area contributed by atoms with E-state index in [1.165, 1.54) is 12.8 Å². The maximum absolute atomic E-state index is 2.47. The van der Waals surface area contributed by atoms with Crippen LogP contribution in [-0.2, 0) is 0 Å². The third-order valence-corrected chi connectivity index (χ3v) is 5.01. The Kier molecular flexibility index (Phi) is 2.42. The maximum atomic E-state index is 2.47. The van der Waals surface area contributed by atoms with Crippen LogP contribution >= 0.6 is 0 Å². The Morgan fingerprint density at radius 1 is 1.08 bits per heavy atom. The molecule has 2 fully saturated rings. The smallest absolute Gasteiger partial charge is 0.0328 e. The van der Waals surface area contributed by atoms with Crippen molar-refractivity contribution < 1.29 is 0 Å². The average Bonchev–Trinajstić information content (AvgIpc) is 2.61. The molecule has 0 saturated heterocycles. The van der Waals surface area contributed by atoms with Gasteiger partial charge in [-0.2, -0.15) is 0 Å². The molecule has 0 N–H and O–H groups in total. The van der Waals surface area contributed by atoms with Gasteiger partial charge in [0.15, 0.2) is 0 Å². The van der Waals surface area contributed by atoms with Crippen molar-refractivity contribution in [2.24, 2.45) is 23.2 Å². The molecule has 0 spiro atoms. The summed E-state index contributed by atoms with van der Waals surface area (Å²) in [4.78, 5) is 0. The van der Waals surface area contributed by atoms with Gasteiger partial charge in [0.05, 0.1) is 0 Å². The zero-order chi connectivity index (χ0) is 9.47. The molecule has 3 atom stereocenters. The first kappa shape index (κ1) is 9.55. The molecule has 2 aliphatic rings. The van der Waals surface area contributed by atoms with Gasteiger partial charge in [-0.15, -0.1) is 0 Å². The van der Waals surface area contributed by atoms with Gasteiger partial charge in [0.1, 0.15) is 0 Å². The van der Waals surface area contributed by atoms with Crippen molar-refractivity contribution in [2.45, 2.75) is 59.3 Å². The predicted octanol–water partition coefficient (Wildman–Crippen LogP) is 4.25. The minimum Gasteiger partial charge on any atom is -0.0649 e. The van der Waals surface area contributed by atoms with Crippen LogP contribution in [0.2, 0.25) is 0 Å². The molecule has 0 nitrogen and oxygen atoms in total. The van der Waals surface area contributed by atoms with Crippen molar-refractivity contribution in [2.75, 3.05) is 0 Å². The predicted molar refractivity (Wildman–Crippen MR) is 57.6 cm³/mol. The number of fused-ring (bicyclic) bond motifs is 1. The lowest BCUT2D eigenvalue weighted by Gasteiger charge is -2.31. The van der Waals surface area contributed by atoms with E-state index >= 15 is 0 Å². The summed E-state index contributed by atoms with van der Waals surface area (Å²) in [6, 6.07) is 0. The van der Waals surface area contributed by atoms with Crippen LogP contribution in [0, 0.1) is 23.2 Å². The van der Waals surface area contributed by atoms with E-state index in [0.29, 0.717) is 5.41 Å². The molecule has 0 aromatic heterocycles. The molecule has 0 amide bonds. The molecule has 2 rings (SSSR count). The molecule has 0 heterocycles. The third kappa shape index (κ3) is 1.65. The van der Waals surface area contributed by atoms with Gasteiger partial charge < -0.3 is 0 Å². The van der Waals surface area contributed by atoms with Crippen LogP contribution < -0.4 is 0 Å². The summed E-state index contributed by atoms with van der Waals surface area (Å²) in [7, 11) is 0. The lowest BCUT2D eigenvalue weighted by atomic mass is 9.75. The van der Waals surface area contributed by atoms with E-state index in [0.717, 1.165) is 17.8 Å². The highest BCUT2D eigenvalue weighted by molar-refractivity contribution is 4.92. The summed E-state index contributed by atoms with van der Waals surface area (Å²) < 4.78 is 0. The molecule has 2 saturated carbocycles. The summed E-state index contributed by atoms with van der Waals surface area (Å²) in [5, 5.41) is 0. The van der Waals surface area contributed by atoms with E-state index in [4.69, 9.17) is 0 Å². The molecule has 1 unspecified atom stereocenters. The average molecular weight is 180 g/mol. The molecule has 13 heavy (non-hydrogen) atoms. The Labute approximate surface area is 83.1 Å². The molecule has 0 radical (unpaired) electrons. The number of rotatable bonds is 2. The van der Waals surface area contributed by atoms with E-state index in [1.54, 1.807) is 25.7 Å². The van der Waals surface area contributed by atoms with Gasteiger partial charge in [-0.05, 0) is 36.0 Å². The van der Waals surface area contributed by atoms with E-state index in [-0.39, 0.29) is 0 Å². The summed E-state index contributed by atoms with van der Waals surface area (Å²) in [6.45, 7) is 7.30. The highest BCUT2D eigenvalue weighted by atomic mass is 14.5. The first-order valence-electron chi connectivity index (χ1n) is 6.13. The molecular weight excluding hydrogens is 156 g/mol. The fourth-order valence-electron chi connectivity index (χ4n) is 3.49. The molecular formula is C13H24. The maximum Gasteiger partial charge on any atom is -0.0328 e. The van der Waals surface area contributed by atoms with Gasteiger partial charge >= 0.3 is 0 Å². The molecule has 0 bridgehead atoms. The Bertz CT molecular complexity index is 168. The number of hydrogen-bond donors (Lipinski definition) is 0. The fourth-order valence-corrected chi connectivity index (χ4v) is 3.49. The van der Waals surface area contributed by atoms with Crippen molar-refractivity contribution in [3.63, 3.8) is 0 Å². The third-order valence-electron chi connectivity index (χ3n) is 5.01. The van der Waals surface area contributed by atoms with Crippen LogP contribution in [-0.4, -0.2) is 0 Å². The SMILES string of the molecule is CCC(C)(C)[C@H]1CC2CCC[C@H]2C1. The summed E-state index contributed by atoms with van der Waals surface area (Å²) in [6.07, 6.45) is 9.06. The summed E-state index contributed by atoms with van der Waals surface area (Å²) in [5.74, 6) is 3.28. The molecule has 0 aliphatic heterocycles. The van der Waals surface area contributed by atoms with Crippen molar-refractivity contribution in [3.8, 4) is 0 Å². The molecule has 2 aliphatic carbocycles. The highest BCUT2D eigenvalue weighted by Gasteiger charge is 2.42. The second kappa shape index (κ2) is 3.29. The monoisotopic (exact) mass is 180 g/mol. The quantitative estimate of drug-likeness (QED) is 0.596. The zero-order valence-electron chi connectivity index (χ0n) is 9.47. The lowest BCUT2D eigenvalue weighted by Crippen LogP contribution is -2.21. The second-order valence-corrected chi connectivity index (χ2v) is 5.96. The van der Waals surface area contributed by atoms with Crippen LogP contribution in [0.1, 0.15) is 59.3 Å². The van der Waals surface area contributed by atoms with Crippen molar-refractivity contribution in [3.05, 3.63) is 0 Å². The van der Waals surface area contributed by atoms with E-state index in [9.17, 15) is 0 Å². The first-order chi connectivity index (χ1) is 6.13. The lowest BCUT2D eigenvalue weighted by molar-refractivity contribution is 0.196. The minimum absolute atomic E-state index is 0.615. The van der Waals surface area contributed by atoms with E-state index in [2.05, 4.69) is 20.8 Å². The van der Waals surface area contributed by atoms with Crippen LogP contribution in [0.4, 0.5) is 0 Å². The Hall–Kier alpha value is 0. The van der Waals surface area contributed by atoms with Crippen molar-refractivity contribution >= 4 is 0 Å². The largest absolute Gasteiger partial charge is 0.0649 e. The molecule has 0 aromatic carbocycles. The zero-order valence-corrected chi connectivity index (χ0v) is 9.47. The van der Waals surface area contributed by atoms with Gasteiger partial charge in [-0.25, -0.2) is 0 Å². The Morgan fingerprint density at radius 2 is 1.62 bits per heavy atom. The number of hydrogen-bond acceptors (Lipinski definition) is 0. The van der Waals surface area contributed by atoms with Crippen LogP contribution in [0.5, 0.6) is 0 Å². The summed E-state index contributed by atoms with van der Waals surface area (Å²) in [5.41, 5.74) is 0.615. The fraction of sp³-hybridized carbons (Fsp3) is 1.00. The Balaban J connectivity index is 1.98. The first-order valence-corrected chi connectivity index (χ1v) is 6.13. The molecule has 76 valence electrons. The molecule has 0 heteroatoms. The topological polar surface area (TPSA) is 0 Å².